The van der Waals surface area contributed by atoms with Crippen molar-refractivity contribution in [2.24, 2.45) is 0 Å². The molecule has 0 fully saturated rings. The van der Waals surface area contributed by atoms with Crippen LogP contribution in [0.15, 0.2) is 0 Å². The summed E-state index contributed by atoms with van der Waals surface area (Å²) in [5, 5.41) is 0. The van der Waals surface area contributed by atoms with Gasteiger partial charge in [0.2, 0.25) is 0 Å². The highest BCUT2D eigenvalue weighted by molar-refractivity contribution is 6.17. The molecule has 0 atom stereocenters. The smallest absolute Gasteiger partial charge is 0.0474 e. The van der Waals surface area contributed by atoms with Crippen LogP contribution >= 0.6 is 11.6 Å². The van der Waals surface area contributed by atoms with Crippen LogP contribution in [0, 0.1) is 0 Å². The van der Waals surface area contributed by atoms with Gasteiger partial charge >= 0.3 is 0 Å². The minimum Gasteiger partial charge on any atom is -0.385 e. The molecule has 0 aromatic rings. The number of unbranched alkanes of at least 4 members (excludes halogenated alkanes) is 3. The summed E-state index contributed by atoms with van der Waals surface area (Å²) in [6, 6.07) is 0. The monoisotopic (exact) mass is 221 g/mol. The van der Waals surface area contributed by atoms with Gasteiger partial charge in [-0.25, -0.2) is 0 Å². The number of halogens is 1. The van der Waals surface area contributed by atoms with E-state index in [4.69, 9.17) is 16.3 Å². The first kappa shape index (κ1) is 14.2. The maximum Gasteiger partial charge on any atom is 0.0474 e. The summed E-state index contributed by atoms with van der Waals surface area (Å²) in [5.41, 5.74) is 0. The van der Waals surface area contributed by atoms with E-state index in [-0.39, 0.29) is 0 Å². The van der Waals surface area contributed by atoms with Crippen LogP contribution in [0.5, 0.6) is 0 Å². The third-order valence-corrected chi connectivity index (χ3v) is 2.58. The van der Waals surface area contributed by atoms with Crippen LogP contribution in [0.3, 0.4) is 0 Å². The van der Waals surface area contributed by atoms with E-state index in [2.05, 4.69) is 11.9 Å². The average molecular weight is 222 g/mol. The van der Waals surface area contributed by atoms with E-state index >= 15 is 0 Å². The number of alkyl halides is 1. The minimum absolute atomic E-state index is 0.809. The Morgan fingerprint density at radius 1 is 1.00 bits per heavy atom. The Bertz CT molecular complexity index is 111. The van der Waals surface area contributed by atoms with Gasteiger partial charge in [-0.05, 0) is 32.9 Å². The first-order valence-corrected chi connectivity index (χ1v) is 6.08. The second kappa shape index (κ2) is 11.3. The molecule has 86 valence electrons. The van der Waals surface area contributed by atoms with Gasteiger partial charge in [0.25, 0.3) is 0 Å². The Kier molecular flexibility index (Phi) is 11.5. The van der Waals surface area contributed by atoms with E-state index in [0.717, 1.165) is 31.9 Å². The SMILES string of the molecule is COCCCN(C)CCCCCCCl. The molecule has 0 aromatic heterocycles. The van der Waals surface area contributed by atoms with E-state index in [0.29, 0.717) is 0 Å². The number of methoxy groups -OCH3 is 1. The van der Waals surface area contributed by atoms with Crippen LogP contribution in [-0.2, 0) is 4.74 Å². The van der Waals surface area contributed by atoms with Gasteiger partial charge < -0.3 is 9.64 Å². The summed E-state index contributed by atoms with van der Waals surface area (Å²) < 4.78 is 5.01. The van der Waals surface area contributed by atoms with Crippen molar-refractivity contribution in [1.82, 2.24) is 4.90 Å². The number of ether oxygens (including phenoxy) is 1. The number of hydrogen-bond donors (Lipinski definition) is 0. The van der Waals surface area contributed by atoms with Crippen molar-refractivity contribution in [3.8, 4) is 0 Å². The van der Waals surface area contributed by atoms with Gasteiger partial charge in [0.15, 0.2) is 0 Å². The third-order valence-electron chi connectivity index (χ3n) is 2.31. The van der Waals surface area contributed by atoms with Crippen molar-refractivity contribution in [2.45, 2.75) is 32.1 Å². The molecule has 0 aliphatic carbocycles. The van der Waals surface area contributed by atoms with Crippen LogP contribution in [0.1, 0.15) is 32.1 Å². The molecule has 0 bridgehead atoms. The van der Waals surface area contributed by atoms with Crippen LogP contribution in [0.4, 0.5) is 0 Å². The van der Waals surface area contributed by atoms with Crippen molar-refractivity contribution in [1.29, 1.82) is 0 Å². The molecule has 0 aromatic carbocycles. The van der Waals surface area contributed by atoms with Gasteiger partial charge in [0.1, 0.15) is 0 Å². The van der Waals surface area contributed by atoms with E-state index in [1.165, 1.54) is 25.8 Å². The standard InChI is InChI=1S/C11H24ClNO/c1-13(10-7-11-14-2)9-6-4-3-5-8-12/h3-11H2,1-2H3. The fourth-order valence-electron chi connectivity index (χ4n) is 1.42. The van der Waals surface area contributed by atoms with Gasteiger partial charge in [-0.2, -0.15) is 0 Å². The van der Waals surface area contributed by atoms with Crippen LogP contribution < -0.4 is 0 Å². The summed E-state index contributed by atoms with van der Waals surface area (Å²) in [6.45, 7) is 3.21. The van der Waals surface area contributed by atoms with Crippen LogP contribution in [-0.4, -0.2) is 44.6 Å². The molecule has 0 saturated carbocycles. The van der Waals surface area contributed by atoms with Crippen LogP contribution in [0.25, 0.3) is 0 Å². The number of nitrogens with zero attached hydrogens (tertiary/aromatic N) is 1. The largest absolute Gasteiger partial charge is 0.385 e. The predicted octanol–water partition coefficient (Wildman–Crippen LogP) is 2.75. The Morgan fingerprint density at radius 3 is 2.29 bits per heavy atom. The lowest BCUT2D eigenvalue weighted by atomic mass is 10.2. The number of rotatable bonds is 10. The molecule has 14 heavy (non-hydrogen) atoms. The second-order valence-corrected chi connectivity index (χ2v) is 4.13. The van der Waals surface area contributed by atoms with Crippen LogP contribution in [0.2, 0.25) is 0 Å². The molecule has 3 heteroatoms. The van der Waals surface area contributed by atoms with E-state index in [1.54, 1.807) is 7.11 Å². The fraction of sp³-hybridized carbons (Fsp3) is 1.00. The predicted molar refractivity (Wildman–Crippen MR) is 63.2 cm³/mol. The molecule has 0 radical (unpaired) electrons. The summed E-state index contributed by atoms with van der Waals surface area (Å²) in [4.78, 5) is 2.37. The lowest BCUT2D eigenvalue weighted by molar-refractivity contribution is 0.179. The Balaban J connectivity index is 3.06. The zero-order chi connectivity index (χ0) is 10.6. The fourth-order valence-corrected chi connectivity index (χ4v) is 1.61. The Labute approximate surface area is 93.6 Å². The second-order valence-electron chi connectivity index (χ2n) is 3.75. The molecular formula is C11H24ClNO. The highest BCUT2D eigenvalue weighted by Gasteiger charge is 1.97. The minimum atomic E-state index is 0.809. The molecule has 0 unspecified atom stereocenters. The van der Waals surface area contributed by atoms with Crippen molar-refractivity contribution in [3.05, 3.63) is 0 Å². The maximum absolute atomic E-state index is 5.60. The summed E-state index contributed by atoms with van der Waals surface area (Å²) >= 11 is 5.60. The van der Waals surface area contributed by atoms with Gasteiger partial charge in [-0.15, -0.1) is 11.6 Å². The average Bonchev–Trinajstić information content (AvgIpc) is 2.18. The van der Waals surface area contributed by atoms with Gasteiger partial charge in [-0.3, -0.25) is 0 Å². The van der Waals surface area contributed by atoms with E-state index < -0.39 is 0 Å². The zero-order valence-corrected chi connectivity index (χ0v) is 10.4. The molecular weight excluding hydrogens is 198 g/mol. The normalized spacial score (nSPS) is 11.1. The molecule has 0 rings (SSSR count). The topological polar surface area (TPSA) is 12.5 Å². The zero-order valence-electron chi connectivity index (χ0n) is 9.60. The summed E-state index contributed by atoms with van der Waals surface area (Å²) in [7, 11) is 3.93. The lowest BCUT2D eigenvalue weighted by Crippen LogP contribution is -2.21. The van der Waals surface area contributed by atoms with Crippen molar-refractivity contribution >= 4 is 11.6 Å². The molecule has 0 N–H and O–H groups in total. The van der Waals surface area contributed by atoms with Crippen molar-refractivity contribution in [3.63, 3.8) is 0 Å². The van der Waals surface area contributed by atoms with Crippen molar-refractivity contribution < 1.29 is 4.74 Å². The third kappa shape index (κ3) is 10.3. The lowest BCUT2D eigenvalue weighted by Gasteiger charge is -2.15. The highest BCUT2D eigenvalue weighted by atomic mass is 35.5. The first-order valence-electron chi connectivity index (χ1n) is 5.54. The van der Waals surface area contributed by atoms with E-state index in [1.807, 2.05) is 0 Å². The Morgan fingerprint density at radius 2 is 1.64 bits per heavy atom. The molecule has 0 aliphatic heterocycles. The molecule has 0 saturated heterocycles. The summed E-state index contributed by atoms with van der Waals surface area (Å²) in [5.74, 6) is 0.809. The molecule has 2 nitrogen and oxygen atoms in total. The quantitative estimate of drug-likeness (QED) is 0.416. The van der Waals surface area contributed by atoms with Gasteiger partial charge in [0.05, 0.1) is 0 Å². The maximum atomic E-state index is 5.60. The molecule has 0 aliphatic rings. The number of hydrogen-bond acceptors (Lipinski definition) is 2. The van der Waals surface area contributed by atoms with Gasteiger partial charge in [0, 0.05) is 26.1 Å². The first-order chi connectivity index (χ1) is 6.81. The van der Waals surface area contributed by atoms with E-state index in [9.17, 15) is 0 Å². The molecule has 0 heterocycles. The molecule has 0 amide bonds. The van der Waals surface area contributed by atoms with Gasteiger partial charge in [-0.1, -0.05) is 12.8 Å². The van der Waals surface area contributed by atoms with Crippen molar-refractivity contribution in [2.75, 3.05) is 39.7 Å². The Hall–Kier alpha value is 0.210. The highest BCUT2D eigenvalue weighted by Crippen LogP contribution is 2.02. The molecule has 0 spiro atoms. The summed E-state index contributed by atoms with van der Waals surface area (Å²) in [6.07, 6.45) is 6.17.